The van der Waals surface area contributed by atoms with E-state index in [9.17, 15) is 9.90 Å². The summed E-state index contributed by atoms with van der Waals surface area (Å²) in [6.07, 6.45) is 0. The van der Waals surface area contributed by atoms with Crippen LogP contribution in [0, 0.1) is 0 Å². The lowest BCUT2D eigenvalue weighted by molar-refractivity contribution is 0.0974. The lowest BCUT2D eigenvalue weighted by Gasteiger charge is -2.02. The van der Waals surface area contributed by atoms with E-state index in [1.807, 2.05) is 30.3 Å². The second kappa shape index (κ2) is 3.77. The number of hydrogen-bond donors (Lipinski definition) is 1. The molecule has 1 N–H and O–H groups in total. The summed E-state index contributed by atoms with van der Waals surface area (Å²) in [5.41, 5.74) is 3.42. The maximum atomic E-state index is 12.8. The summed E-state index contributed by atoms with van der Waals surface area (Å²) in [4.78, 5) is 12.8. The summed E-state index contributed by atoms with van der Waals surface area (Å²) >= 11 is 0. The van der Waals surface area contributed by atoms with E-state index in [1.165, 1.54) is 0 Å². The zero-order valence-electron chi connectivity index (χ0n) is 11.6. The van der Waals surface area contributed by atoms with Gasteiger partial charge in [0.15, 0.2) is 0 Å². The van der Waals surface area contributed by atoms with Crippen LogP contribution in [-0.4, -0.2) is 15.6 Å². The monoisotopic (exact) mass is 285 g/mol. The number of phenolic OH excluding ortho intramolecular Hbond substituents is 1. The molecule has 0 saturated heterocycles. The van der Waals surface area contributed by atoms with Crippen molar-refractivity contribution in [2.45, 2.75) is 0 Å². The minimum atomic E-state index is -0.00329. The highest BCUT2D eigenvalue weighted by atomic mass is 16.3. The molecule has 104 valence electrons. The van der Waals surface area contributed by atoms with Crippen LogP contribution in [0.5, 0.6) is 5.75 Å². The normalized spacial score (nSPS) is 12.8. The molecule has 22 heavy (non-hydrogen) atoms. The second-order valence-electron chi connectivity index (χ2n) is 5.66. The first kappa shape index (κ1) is 11.6. The van der Waals surface area contributed by atoms with E-state index in [1.54, 1.807) is 22.8 Å². The largest absolute Gasteiger partial charge is 0.508 e. The molecule has 0 bridgehead atoms. The maximum absolute atomic E-state index is 12.8. The van der Waals surface area contributed by atoms with E-state index in [0.29, 0.717) is 0 Å². The molecular formula is C19H11NO2. The van der Waals surface area contributed by atoms with Crippen LogP contribution < -0.4 is 0 Å². The Morgan fingerprint density at radius 1 is 0.773 bits per heavy atom. The molecule has 0 aliphatic carbocycles. The standard InChI is InChI=1S/C19H11NO2/c21-14-5-6-17-13(7-14)10-18-15-8-11-3-1-2-4-12(11)9-16(15)19(22)20(17)18/h1-10,21H. The number of aromatic nitrogens is 1. The van der Waals surface area contributed by atoms with Crippen LogP contribution in [0.15, 0.2) is 60.7 Å². The molecule has 1 aliphatic rings. The molecule has 0 unspecified atom stereocenters. The molecule has 5 rings (SSSR count). The van der Waals surface area contributed by atoms with Gasteiger partial charge in [-0.25, -0.2) is 0 Å². The van der Waals surface area contributed by atoms with Crippen LogP contribution in [0.25, 0.3) is 32.9 Å². The van der Waals surface area contributed by atoms with Gasteiger partial charge in [0, 0.05) is 10.9 Å². The van der Waals surface area contributed by atoms with Gasteiger partial charge in [-0.2, -0.15) is 0 Å². The molecule has 0 fully saturated rings. The fraction of sp³-hybridized carbons (Fsp3) is 0. The van der Waals surface area contributed by atoms with Gasteiger partial charge in [-0.05, 0) is 47.2 Å². The van der Waals surface area contributed by atoms with Crippen LogP contribution >= 0.6 is 0 Å². The number of benzene rings is 3. The van der Waals surface area contributed by atoms with E-state index in [-0.39, 0.29) is 11.7 Å². The minimum Gasteiger partial charge on any atom is -0.508 e. The van der Waals surface area contributed by atoms with Crippen molar-refractivity contribution in [3.05, 3.63) is 66.2 Å². The van der Waals surface area contributed by atoms with Crippen LogP contribution in [0.2, 0.25) is 0 Å². The summed E-state index contributed by atoms with van der Waals surface area (Å²) in [6.45, 7) is 0. The van der Waals surface area contributed by atoms with Crippen molar-refractivity contribution in [1.82, 2.24) is 4.57 Å². The summed E-state index contributed by atoms with van der Waals surface area (Å²) in [7, 11) is 0. The topological polar surface area (TPSA) is 42.2 Å². The van der Waals surface area contributed by atoms with Crippen molar-refractivity contribution in [1.29, 1.82) is 0 Å². The molecule has 1 aliphatic heterocycles. The fourth-order valence-corrected chi connectivity index (χ4v) is 3.37. The van der Waals surface area contributed by atoms with Gasteiger partial charge in [0.05, 0.1) is 16.8 Å². The van der Waals surface area contributed by atoms with Gasteiger partial charge in [-0.15, -0.1) is 0 Å². The molecule has 0 atom stereocenters. The Bertz CT molecular complexity index is 1110. The smallest absolute Gasteiger partial charge is 0.263 e. The SMILES string of the molecule is O=C1c2cc3ccccc3cc2-c2cc3cc(O)ccc3n21. The molecule has 3 nitrogen and oxygen atoms in total. The first-order chi connectivity index (χ1) is 10.7. The number of aromatic hydroxyl groups is 1. The predicted octanol–water partition coefficient (Wildman–Crippen LogP) is 4.17. The Kier molecular flexibility index (Phi) is 1.98. The van der Waals surface area contributed by atoms with E-state index < -0.39 is 0 Å². The van der Waals surface area contributed by atoms with Gasteiger partial charge in [0.2, 0.25) is 0 Å². The number of nitrogens with zero attached hydrogens (tertiary/aromatic N) is 1. The predicted molar refractivity (Wildman–Crippen MR) is 86.3 cm³/mol. The first-order valence-electron chi connectivity index (χ1n) is 7.15. The lowest BCUT2D eigenvalue weighted by Crippen LogP contribution is -2.05. The number of rotatable bonds is 0. The summed E-state index contributed by atoms with van der Waals surface area (Å²) in [5, 5.41) is 12.7. The number of carbonyl (C=O) groups excluding carboxylic acids is 1. The Morgan fingerprint density at radius 2 is 1.50 bits per heavy atom. The Labute approximate surface area is 126 Å². The van der Waals surface area contributed by atoms with Gasteiger partial charge in [-0.1, -0.05) is 24.3 Å². The number of phenols is 1. The molecule has 0 amide bonds. The minimum absolute atomic E-state index is 0.00329. The average Bonchev–Trinajstić information content (AvgIpc) is 3.02. The zero-order chi connectivity index (χ0) is 14.8. The highest BCUT2D eigenvalue weighted by Gasteiger charge is 2.28. The van der Waals surface area contributed by atoms with Crippen molar-refractivity contribution >= 4 is 27.6 Å². The summed E-state index contributed by atoms with van der Waals surface area (Å²) < 4.78 is 1.73. The Balaban J connectivity index is 1.90. The van der Waals surface area contributed by atoms with E-state index in [2.05, 4.69) is 12.1 Å². The highest BCUT2D eigenvalue weighted by molar-refractivity contribution is 6.16. The molecule has 0 radical (unpaired) electrons. The van der Waals surface area contributed by atoms with Crippen LogP contribution in [0.4, 0.5) is 0 Å². The van der Waals surface area contributed by atoms with E-state index >= 15 is 0 Å². The first-order valence-corrected chi connectivity index (χ1v) is 7.15. The lowest BCUT2D eigenvalue weighted by atomic mass is 10.0. The van der Waals surface area contributed by atoms with Gasteiger partial charge >= 0.3 is 0 Å². The number of fused-ring (bicyclic) bond motifs is 6. The molecule has 4 aromatic rings. The summed E-state index contributed by atoms with van der Waals surface area (Å²) in [5.74, 6) is 0.208. The quantitative estimate of drug-likeness (QED) is 0.464. The van der Waals surface area contributed by atoms with Crippen molar-refractivity contribution in [2.75, 3.05) is 0 Å². The molecule has 1 aromatic heterocycles. The molecule has 0 spiro atoms. The Hall–Kier alpha value is -3.07. The van der Waals surface area contributed by atoms with Gasteiger partial charge in [0.1, 0.15) is 5.75 Å². The van der Waals surface area contributed by atoms with Crippen molar-refractivity contribution in [3.63, 3.8) is 0 Å². The van der Waals surface area contributed by atoms with E-state index in [0.717, 1.165) is 38.5 Å². The maximum Gasteiger partial charge on any atom is 0.263 e. The number of hydrogen-bond acceptors (Lipinski definition) is 2. The van der Waals surface area contributed by atoms with Gasteiger partial charge < -0.3 is 5.11 Å². The third kappa shape index (κ3) is 1.33. The van der Waals surface area contributed by atoms with Crippen molar-refractivity contribution < 1.29 is 9.90 Å². The zero-order valence-corrected chi connectivity index (χ0v) is 11.6. The molecule has 2 heterocycles. The van der Waals surface area contributed by atoms with Crippen LogP contribution in [-0.2, 0) is 0 Å². The highest BCUT2D eigenvalue weighted by Crippen LogP contribution is 2.39. The van der Waals surface area contributed by atoms with Gasteiger partial charge in [-0.3, -0.25) is 9.36 Å². The fourth-order valence-electron chi connectivity index (χ4n) is 3.37. The summed E-state index contributed by atoms with van der Waals surface area (Å²) in [6, 6.07) is 19.1. The van der Waals surface area contributed by atoms with Gasteiger partial charge in [0.25, 0.3) is 5.91 Å². The third-order valence-electron chi connectivity index (χ3n) is 4.38. The molecule has 3 aromatic carbocycles. The molecular weight excluding hydrogens is 274 g/mol. The molecule has 3 heteroatoms. The number of carbonyl (C=O) groups is 1. The molecule has 0 saturated carbocycles. The van der Waals surface area contributed by atoms with Crippen LogP contribution in [0.1, 0.15) is 10.4 Å². The Morgan fingerprint density at radius 3 is 2.27 bits per heavy atom. The third-order valence-corrected chi connectivity index (χ3v) is 4.38. The van der Waals surface area contributed by atoms with E-state index in [4.69, 9.17) is 0 Å². The second-order valence-corrected chi connectivity index (χ2v) is 5.66. The van der Waals surface area contributed by atoms with Crippen LogP contribution in [0.3, 0.4) is 0 Å². The van der Waals surface area contributed by atoms with Crippen molar-refractivity contribution in [3.8, 4) is 17.0 Å². The van der Waals surface area contributed by atoms with Crippen molar-refractivity contribution in [2.24, 2.45) is 0 Å². The average molecular weight is 285 g/mol.